The van der Waals surface area contributed by atoms with Gasteiger partial charge >= 0.3 is 0 Å². The molecule has 0 radical (unpaired) electrons. The van der Waals surface area contributed by atoms with Gasteiger partial charge in [-0.25, -0.2) is 9.37 Å². The van der Waals surface area contributed by atoms with Crippen LogP contribution in [0.15, 0.2) is 30.6 Å². The van der Waals surface area contributed by atoms with Crippen molar-refractivity contribution >= 4 is 11.6 Å². The molecule has 0 aliphatic heterocycles. The van der Waals surface area contributed by atoms with Gasteiger partial charge in [-0.3, -0.25) is 4.98 Å². The van der Waals surface area contributed by atoms with Crippen LogP contribution in [0.5, 0.6) is 0 Å². The number of hydrogen-bond donors (Lipinski definition) is 0. The van der Waals surface area contributed by atoms with Crippen LogP contribution in [0.4, 0.5) is 4.39 Å². The van der Waals surface area contributed by atoms with Crippen LogP contribution in [-0.4, -0.2) is 9.97 Å². The lowest BCUT2D eigenvalue weighted by Crippen LogP contribution is -1.90. The van der Waals surface area contributed by atoms with E-state index in [0.29, 0.717) is 22.0 Å². The molecule has 0 bridgehead atoms. The quantitative estimate of drug-likeness (QED) is 0.707. The second-order valence-corrected chi connectivity index (χ2v) is 3.46. The molecule has 1 aromatic carbocycles. The molecule has 0 atom stereocenters. The first-order valence-electron chi connectivity index (χ1n) is 4.45. The maximum Gasteiger partial charge on any atom is 0.131 e. The highest BCUT2D eigenvalue weighted by molar-refractivity contribution is 6.33. The number of nitrogens with zero attached hydrogens (tertiary/aromatic N) is 2. The van der Waals surface area contributed by atoms with E-state index in [4.69, 9.17) is 18.0 Å². The minimum atomic E-state index is -0.387. The van der Waals surface area contributed by atoms with Gasteiger partial charge in [0.2, 0.25) is 0 Å². The van der Waals surface area contributed by atoms with Crippen molar-refractivity contribution in [1.29, 1.82) is 0 Å². The number of rotatable bonds is 1. The standard InChI is InChI=1S/C12H6ClFN2/c1-2-9-6-16-12(7-15-9)10-4-3-8(14)5-11(10)13/h1,3-7H. The predicted molar refractivity (Wildman–Crippen MR) is 60.4 cm³/mol. The lowest BCUT2D eigenvalue weighted by Gasteiger charge is -2.02. The molecular weight excluding hydrogens is 227 g/mol. The fourth-order valence-electron chi connectivity index (χ4n) is 1.24. The number of halogens is 2. The van der Waals surface area contributed by atoms with Gasteiger partial charge in [-0.05, 0) is 24.1 Å². The van der Waals surface area contributed by atoms with Crippen molar-refractivity contribution in [3.63, 3.8) is 0 Å². The molecule has 0 aliphatic rings. The smallest absolute Gasteiger partial charge is 0.131 e. The maximum atomic E-state index is 12.8. The van der Waals surface area contributed by atoms with Gasteiger partial charge in [0.15, 0.2) is 0 Å². The molecule has 78 valence electrons. The summed E-state index contributed by atoms with van der Waals surface area (Å²) in [5, 5.41) is 0.294. The van der Waals surface area contributed by atoms with Gasteiger partial charge in [0.1, 0.15) is 11.5 Å². The lowest BCUT2D eigenvalue weighted by molar-refractivity contribution is 0.628. The van der Waals surface area contributed by atoms with E-state index in [1.54, 1.807) is 6.07 Å². The van der Waals surface area contributed by atoms with Crippen molar-refractivity contribution in [3.8, 4) is 23.6 Å². The number of hydrogen-bond acceptors (Lipinski definition) is 2. The van der Waals surface area contributed by atoms with E-state index in [9.17, 15) is 4.39 Å². The van der Waals surface area contributed by atoms with Crippen molar-refractivity contribution in [2.24, 2.45) is 0 Å². The SMILES string of the molecule is C#Cc1cnc(-c2ccc(F)cc2Cl)cn1. The molecule has 0 aliphatic carbocycles. The van der Waals surface area contributed by atoms with Gasteiger partial charge in [-0.1, -0.05) is 11.6 Å². The third kappa shape index (κ3) is 2.02. The van der Waals surface area contributed by atoms with E-state index >= 15 is 0 Å². The van der Waals surface area contributed by atoms with E-state index in [-0.39, 0.29) is 5.82 Å². The van der Waals surface area contributed by atoms with Gasteiger partial charge in [0.25, 0.3) is 0 Å². The van der Waals surface area contributed by atoms with Crippen LogP contribution in [-0.2, 0) is 0 Å². The summed E-state index contributed by atoms with van der Waals surface area (Å²) in [4.78, 5) is 8.08. The second kappa shape index (κ2) is 4.30. The predicted octanol–water partition coefficient (Wildman–Crippen LogP) is 2.92. The molecule has 0 spiro atoms. The zero-order chi connectivity index (χ0) is 11.5. The number of terminal acetylenes is 1. The molecule has 4 heteroatoms. The van der Waals surface area contributed by atoms with Crippen molar-refractivity contribution in [1.82, 2.24) is 9.97 Å². The fourth-order valence-corrected chi connectivity index (χ4v) is 1.50. The van der Waals surface area contributed by atoms with E-state index < -0.39 is 0 Å². The first-order chi connectivity index (χ1) is 7.70. The van der Waals surface area contributed by atoms with E-state index in [1.807, 2.05) is 0 Å². The van der Waals surface area contributed by atoms with Crippen molar-refractivity contribution < 1.29 is 4.39 Å². The van der Waals surface area contributed by atoms with Gasteiger partial charge in [-0.2, -0.15) is 0 Å². The molecule has 16 heavy (non-hydrogen) atoms. The first-order valence-corrected chi connectivity index (χ1v) is 4.82. The topological polar surface area (TPSA) is 25.8 Å². The Labute approximate surface area is 97.1 Å². The Kier molecular flexibility index (Phi) is 2.84. The molecule has 2 rings (SSSR count). The monoisotopic (exact) mass is 232 g/mol. The second-order valence-electron chi connectivity index (χ2n) is 3.06. The molecule has 0 unspecified atom stereocenters. The Morgan fingerprint density at radius 1 is 1.25 bits per heavy atom. The average molecular weight is 233 g/mol. The van der Waals surface area contributed by atoms with Crippen LogP contribution in [0.25, 0.3) is 11.3 Å². The first kappa shape index (κ1) is 10.6. The molecule has 1 heterocycles. The summed E-state index contributed by atoms with van der Waals surface area (Å²) in [6.45, 7) is 0. The van der Waals surface area contributed by atoms with Gasteiger partial charge < -0.3 is 0 Å². The van der Waals surface area contributed by atoms with Crippen molar-refractivity contribution in [3.05, 3.63) is 47.1 Å². The van der Waals surface area contributed by atoms with Crippen LogP contribution in [0, 0.1) is 18.2 Å². The summed E-state index contributed by atoms with van der Waals surface area (Å²) in [6.07, 6.45) is 8.14. The highest BCUT2D eigenvalue weighted by Crippen LogP contribution is 2.26. The minimum Gasteiger partial charge on any atom is -0.252 e. The van der Waals surface area contributed by atoms with E-state index in [2.05, 4.69) is 15.9 Å². The number of aromatic nitrogens is 2. The van der Waals surface area contributed by atoms with Gasteiger partial charge in [-0.15, -0.1) is 6.42 Å². The Bertz CT molecular complexity index is 558. The summed E-state index contributed by atoms with van der Waals surface area (Å²) in [6, 6.07) is 4.10. The molecule has 2 nitrogen and oxygen atoms in total. The van der Waals surface area contributed by atoms with Crippen LogP contribution in [0.3, 0.4) is 0 Å². The Morgan fingerprint density at radius 3 is 2.62 bits per heavy atom. The molecule has 0 amide bonds. The molecule has 0 fully saturated rings. The lowest BCUT2D eigenvalue weighted by atomic mass is 10.1. The van der Waals surface area contributed by atoms with Gasteiger partial charge in [0.05, 0.1) is 23.1 Å². The zero-order valence-corrected chi connectivity index (χ0v) is 8.87. The van der Waals surface area contributed by atoms with Crippen molar-refractivity contribution in [2.75, 3.05) is 0 Å². The maximum absolute atomic E-state index is 12.8. The zero-order valence-electron chi connectivity index (χ0n) is 8.11. The third-order valence-corrected chi connectivity index (χ3v) is 2.32. The third-order valence-electron chi connectivity index (χ3n) is 2.01. The van der Waals surface area contributed by atoms with Gasteiger partial charge in [0, 0.05) is 5.56 Å². The fraction of sp³-hybridized carbons (Fsp3) is 0. The van der Waals surface area contributed by atoms with Crippen LogP contribution >= 0.6 is 11.6 Å². The van der Waals surface area contributed by atoms with E-state index in [0.717, 1.165) is 0 Å². The highest BCUT2D eigenvalue weighted by atomic mass is 35.5. The minimum absolute atomic E-state index is 0.294. The molecule has 0 N–H and O–H groups in total. The van der Waals surface area contributed by atoms with E-state index in [1.165, 1.54) is 24.5 Å². The molecular formula is C12H6ClFN2. The summed E-state index contributed by atoms with van der Waals surface area (Å²) in [5.74, 6) is 1.98. The normalized spacial score (nSPS) is 9.81. The van der Waals surface area contributed by atoms with Crippen LogP contribution < -0.4 is 0 Å². The summed E-state index contributed by atoms with van der Waals surface area (Å²) < 4.78 is 12.8. The summed E-state index contributed by atoms with van der Waals surface area (Å²) >= 11 is 5.89. The Hall–Kier alpha value is -1.92. The molecule has 1 aromatic heterocycles. The summed E-state index contributed by atoms with van der Waals surface area (Å²) in [5.41, 5.74) is 1.63. The molecule has 0 saturated carbocycles. The van der Waals surface area contributed by atoms with Crippen LogP contribution in [0.2, 0.25) is 5.02 Å². The number of benzene rings is 1. The summed E-state index contributed by atoms with van der Waals surface area (Å²) in [7, 11) is 0. The van der Waals surface area contributed by atoms with Crippen LogP contribution in [0.1, 0.15) is 5.69 Å². The Morgan fingerprint density at radius 2 is 2.06 bits per heavy atom. The average Bonchev–Trinajstić information content (AvgIpc) is 2.29. The molecule has 2 aromatic rings. The van der Waals surface area contributed by atoms with Crippen molar-refractivity contribution in [2.45, 2.75) is 0 Å². The Balaban J connectivity index is 2.47. The largest absolute Gasteiger partial charge is 0.252 e. The highest BCUT2D eigenvalue weighted by Gasteiger charge is 2.06. The molecule has 0 saturated heterocycles.